The summed E-state index contributed by atoms with van der Waals surface area (Å²) in [5.41, 5.74) is 1.19. The van der Waals surface area contributed by atoms with Crippen LogP contribution in [0.25, 0.3) is 0 Å². The number of benzene rings is 1. The fourth-order valence-electron chi connectivity index (χ4n) is 1.57. The van der Waals surface area contributed by atoms with Gasteiger partial charge in [0, 0.05) is 18.2 Å². The Morgan fingerprint density at radius 3 is 2.40 bits per heavy atom. The molecule has 0 unspecified atom stereocenters. The number of amides is 1. The van der Waals surface area contributed by atoms with Gasteiger partial charge in [0.05, 0.1) is 0 Å². The van der Waals surface area contributed by atoms with Gasteiger partial charge in [-0.1, -0.05) is 0 Å². The molecule has 0 saturated heterocycles. The van der Waals surface area contributed by atoms with Crippen molar-refractivity contribution < 1.29 is 9.59 Å². The summed E-state index contributed by atoms with van der Waals surface area (Å²) in [6.45, 7) is 1.51. The first-order valence-corrected chi connectivity index (χ1v) is 7.21. The lowest BCUT2D eigenvalue weighted by atomic mass is 10.1. The standard InChI is InChI=1S/C12H10Br2N4O2/c1-7(19)15-9-4-2-8(3-5-9)10(20)6-18-12(14)16-11(13)17-18/h2-5H,6H2,1H3,(H,15,19). The Hall–Kier alpha value is -1.54. The molecular formula is C12H10Br2N4O2. The monoisotopic (exact) mass is 400 g/mol. The first kappa shape index (κ1) is 14.9. The summed E-state index contributed by atoms with van der Waals surface area (Å²) in [7, 11) is 0. The van der Waals surface area contributed by atoms with Crippen molar-refractivity contribution in [3.63, 3.8) is 0 Å². The Morgan fingerprint density at radius 1 is 1.25 bits per heavy atom. The Morgan fingerprint density at radius 2 is 1.90 bits per heavy atom. The zero-order valence-electron chi connectivity index (χ0n) is 10.4. The zero-order valence-corrected chi connectivity index (χ0v) is 13.6. The van der Waals surface area contributed by atoms with Crippen LogP contribution in [0.3, 0.4) is 0 Å². The molecule has 1 heterocycles. The van der Waals surface area contributed by atoms with Crippen LogP contribution >= 0.6 is 31.9 Å². The highest BCUT2D eigenvalue weighted by molar-refractivity contribution is 9.11. The summed E-state index contributed by atoms with van der Waals surface area (Å²) in [4.78, 5) is 27.0. The number of Topliss-reactive ketones (excluding diaryl/α,β-unsaturated/α-hetero) is 1. The Bertz CT molecular complexity index is 652. The van der Waals surface area contributed by atoms with Gasteiger partial charge in [-0.05, 0) is 56.1 Å². The van der Waals surface area contributed by atoms with E-state index in [9.17, 15) is 9.59 Å². The number of ketones is 1. The minimum absolute atomic E-state index is 0.0820. The number of carbonyl (C=O) groups excluding carboxylic acids is 2. The normalized spacial score (nSPS) is 10.3. The number of hydrogen-bond acceptors (Lipinski definition) is 4. The lowest BCUT2D eigenvalue weighted by molar-refractivity contribution is -0.114. The molecule has 0 atom stereocenters. The molecule has 0 aliphatic rings. The van der Waals surface area contributed by atoms with E-state index in [0.29, 0.717) is 20.7 Å². The maximum Gasteiger partial charge on any atom is 0.221 e. The van der Waals surface area contributed by atoms with Gasteiger partial charge in [0.2, 0.25) is 10.6 Å². The summed E-state index contributed by atoms with van der Waals surface area (Å²) in [6, 6.07) is 6.68. The summed E-state index contributed by atoms with van der Waals surface area (Å²) >= 11 is 6.35. The van der Waals surface area contributed by atoms with Crippen LogP contribution in [0.5, 0.6) is 0 Å². The van der Waals surface area contributed by atoms with E-state index in [4.69, 9.17) is 0 Å². The van der Waals surface area contributed by atoms with Gasteiger partial charge in [0.15, 0.2) is 10.5 Å². The molecule has 0 spiro atoms. The average Bonchev–Trinajstić information content (AvgIpc) is 2.68. The number of halogens is 2. The van der Waals surface area contributed by atoms with Crippen LogP contribution in [0.15, 0.2) is 33.7 Å². The maximum absolute atomic E-state index is 12.1. The lowest BCUT2D eigenvalue weighted by Crippen LogP contribution is -2.12. The summed E-state index contributed by atoms with van der Waals surface area (Å²) in [5.74, 6) is -0.252. The van der Waals surface area contributed by atoms with Crippen molar-refractivity contribution in [2.75, 3.05) is 5.32 Å². The highest BCUT2D eigenvalue weighted by Crippen LogP contribution is 2.14. The third-order valence-corrected chi connectivity index (χ3v) is 3.34. The number of carbonyl (C=O) groups is 2. The Labute approximate surface area is 131 Å². The van der Waals surface area contributed by atoms with Gasteiger partial charge in [-0.15, -0.1) is 5.10 Å². The van der Waals surface area contributed by atoms with Gasteiger partial charge in [0.1, 0.15) is 6.54 Å². The van der Waals surface area contributed by atoms with E-state index in [-0.39, 0.29) is 18.2 Å². The molecule has 0 radical (unpaired) electrons. The summed E-state index contributed by atoms with van der Waals surface area (Å²) in [5, 5.41) is 6.67. The highest BCUT2D eigenvalue weighted by atomic mass is 79.9. The molecule has 2 rings (SSSR count). The zero-order chi connectivity index (χ0) is 14.7. The van der Waals surface area contributed by atoms with Gasteiger partial charge in [-0.2, -0.15) is 4.98 Å². The van der Waals surface area contributed by atoms with Crippen molar-refractivity contribution in [3.05, 3.63) is 39.3 Å². The third kappa shape index (κ3) is 3.73. The fraction of sp³-hybridized carbons (Fsp3) is 0.167. The smallest absolute Gasteiger partial charge is 0.221 e. The molecule has 0 saturated carbocycles. The maximum atomic E-state index is 12.1. The molecule has 1 amide bonds. The number of nitrogens with one attached hydrogen (secondary N) is 1. The molecule has 6 nitrogen and oxygen atoms in total. The second kappa shape index (κ2) is 6.27. The SMILES string of the molecule is CC(=O)Nc1ccc(C(=O)Cn2nc(Br)nc2Br)cc1. The minimum atomic E-state index is -0.152. The van der Waals surface area contributed by atoms with E-state index in [1.54, 1.807) is 24.3 Å². The number of anilines is 1. The van der Waals surface area contributed by atoms with Gasteiger partial charge in [-0.25, -0.2) is 4.68 Å². The van der Waals surface area contributed by atoms with Crippen molar-refractivity contribution >= 4 is 49.2 Å². The molecule has 0 bridgehead atoms. The van der Waals surface area contributed by atoms with E-state index in [2.05, 4.69) is 47.3 Å². The van der Waals surface area contributed by atoms with E-state index < -0.39 is 0 Å². The quantitative estimate of drug-likeness (QED) is 0.799. The van der Waals surface area contributed by atoms with Gasteiger partial charge in [-0.3, -0.25) is 9.59 Å². The van der Waals surface area contributed by atoms with Crippen molar-refractivity contribution in [2.24, 2.45) is 0 Å². The van der Waals surface area contributed by atoms with E-state index in [1.807, 2.05) is 0 Å². The van der Waals surface area contributed by atoms with E-state index in [1.165, 1.54) is 11.6 Å². The van der Waals surface area contributed by atoms with Crippen molar-refractivity contribution in [2.45, 2.75) is 13.5 Å². The minimum Gasteiger partial charge on any atom is -0.326 e. The summed E-state index contributed by atoms with van der Waals surface area (Å²) in [6.07, 6.45) is 0. The molecule has 104 valence electrons. The molecule has 0 aliphatic carbocycles. The lowest BCUT2D eigenvalue weighted by Gasteiger charge is -2.04. The van der Waals surface area contributed by atoms with Crippen molar-refractivity contribution in [3.8, 4) is 0 Å². The first-order chi connectivity index (χ1) is 9.45. The molecule has 20 heavy (non-hydrogen) atoms. The number of hydrogen-bond donors (Lipinski definition) is 1. The molecule has 0 aliphatic heterocycles. The van der Waals surface area contributed by atoms with Gasteiger partial charge in [0.25, 0.3) is 0 Å². The van der Waals surface area contributed by atoms with Crippen LogP contribution in [0.4, 0.5) is 5.69 Å². The third-order valence-electron chi connectivity index (χ3n) is 2.42. The molecule has 0 fully saturated rings. The largest absolute Gasteiger partial charge is 0.326 e. The number of nitrogens with zero attached hydrogens (tertiary/aromatic N) is 3. The molecule has 2 aromatic rings. The molecular weight excluding hydrogens is 392 g/mol. The number of aromatic nitrogens is 3. The van der Waals surface area contributed by atoms with Gasteiger partial charge >= 0.3 is 0 Å². The Kier molecular flexibility index (Phi) is 4.66. The average molecular weight is 402 g/mol. The predicted octanol–water partition coefficient (Wildman–Crippen LogP) is 2.64. The number of rotatable bonds is 4. The van der Waals surface area contributed by atoms with Crippen LogP contribution in [0, 0.1) is 0 Å². The molecule has 8 heteroatoms. The van der Waals surface area contributed by atoms with Gasteiger partial charge < -0.3 is 5.32 Å². The molecule has 1 aromatic heterocycles. The summed E-state index contributed by atoms with van der Waals surface area (Å²) < 4.78 is 2.35. The predicted molar refractivity (Wildman–Crippen MR) is 80.5 cm³/mol. The van der Waals surface area contributed by atoms with Crippen LogP contribution in [-0.2, 0) is 11.3 Å². The van der Waals surface area contributed by atoms with E-state index >= 15 is 0 Å². The molecule has 1 N–H and O–H groups in total. The van der Waals surface area contributed by atoms with Crippen molar-refractivity contribution in [1.29, 1.82) is 0 Å². The van der Waals surface area contributed by atoms with Crippen LogP contribution in [-0.4, -0.2) is 26.5 Å². The fourth-order valence-corrected chi connectivity index (χ4v) is 2.54. The Balaban J connectivity index is 2.09. The van der Waals surface area contributed by atoms with Crippen LogP contribution in [0.2, 0.25) is 0 Å². The first-order valence-electron chi connectivity index (χ1n) is 5.62. The van der Waals surface area contributed by atoms with E-state index in [0.717, 1.165) is 0 Å². The van der Waals surface area contributed by atoms with Crippen LogP contribution in [0.1, 0.15) is 17.3 Å². The van der Waals surface area contributed by atoms with Crippen LogP contribution < -0.4 is 5.32 Å². The second-order valence-corrected chi connectivity index (χ2v) is 5.41. The van der Waals surface area contributed by atoms with Crippen molar-refractivity contribution in [1.82, 2.24) is 14.8 Å². The topological polar surface area (TPSA) is 76.9 Å². The second-order valence-electron chi connectivity index (χ2n) is 3.99. The molecule has 1 aromatic carbocycles. The highest BCUT2D eigenvalue weighted by Gasteiger charge is 2.11.